The lowest BCUT2D eigenvalue weighted by Gasteiger charge is -2.31. The maximum Gasteiger partial charge on any atom is 0.243 e. The number of carbonyl (C=O) groups excluding carboxylic acids is 1. The van der Waals surface area contributed by atoms with Crippen LogP contribution < -0.4 is 5.32 Å². The van der Waals surface area contributed by atoms with Crippen LogP contribution in [0.1, 0.15) is 19.8 Å². The Kier molecular flexibility index (Phi) is 4.21. The summed E-state index contributed by atoms with van der Waals surface area (Å²) in [5, 5.41) is 2.83. The average Bonchev–Trinajstić information content (AvgIpc) is 2.40. The highest BCUT2D eigenvalue weighted by molar-refractivity contribution is 7.89. The van der Waals surface area contributed by atoms with Crippen molar-refractivity contribution < 1.29 is 13.2 Å². The van der Waals surface area contributed by atoms with Crippen LogP contribution in [0.3, 0.4) is 0 Å². The lowest BCUT2D eigenvalue weighted by Crippen LogP contribution is -2.45. The number of benzene rings is 1. The molecule has 19 heavy (non-hydrogen) atoms. The zero-order valence-electron chi connectivity index (χ0n) is 10.9. The smallest absolute Gasteiger partial charge is 0.243 e. The highest BCUT2D eigenvalue weighted by atomic mass is 32.2. The molecule has 0 spiro atoms. The zero-order chi connectivity index (χ0) is 13.9. The SMILES string of the molecule is CC(=O)NC1CCN(S(=O)(=O)c2ccccc2)CC1. The Labute approximate surface area is 113 Å². The van der Waals surface area contributed by atoms with Gasteiger partial charge in [-0.15, -0.1) is 0 Å². The van der Waals surface area contributed by atoms with Crippen molar-refractivity contribution in [2.75, 3.05) is 13.1 Å². The van der Waals surface area contributed by atoms with Gasteiger partial charge in [-0.1, -0.05) is 18.2 Å². The summed E-state index contributed by atoms with van der Waals surface area (Å²) in [5.74, 6) is -0.0654. The van der Waals surface area contributed by atoms with Gasteiger partial charge in [0, 0.05) is 26.1 Å². The maximum absolute atomic E-state index is 12.4. The first-order valence-electron chi connectivity index (χ1n) is 6.32. The third kappa shape index (κ3) is 3.33. The molecule has 1 amide bonds. The number of nitrogens with zero attached hydrogens (tertiary/aromatic N) is 1. The second-order valence-electron chi connectivity index (χ2n) is 4.69. The van der Waals surface area contributed by atoms with Crippen LogP contribution in [0.4, 0.5) is 0 Å². The van der Waals surface area contributed by atoms with E-state index in [0.717, 1.165) is 0 Å². The van der Waals surface area contributed by atoms with Crippen molar-refractivity contribution in [2.45, 2.75) is 30.7 Å². The Bertz CT molecular complexity index is 534. The minimum absolute atomic E-state index is 0.0654. The predicted octanol–water partition coefficient (Wildman–Crippen LogP) is 0.976. The molecule has 1 N–H and O–H groups in total. The Balaban J connectivity index is 2.03. The van der Waals surface area contributed by atoms with Gasteiger partial charge in [-0.3, -0.25) is 4.79 Å². The summed E-state index contributed by atoms with van der Waals surface area (Å²) in [6.45, 7) is 2.37. The molecular weight excluding hydrogens is 264 g/mol. The molecule has 1 aliphatic heterocycles. The van der Waals surface area contributed by atoms with Gasteiger partial charge in [-0.2, -0.15) is 4.31 Å². The highest BCUT2D eigenvalue weighted by Crippen LogP contribution is 2.20. The van der Waals surface area contributed by atoms with Gasteiger partial charge in [0.15, 0.2) is 0 Å². The molecule has 5 nitrogen and oxygen atoms in total. The minimum atomic E-state index is -3.39. The average molecular weight is 282 g/mol. The normalized spacial score (nSPS) is 18.2. The fourth-order valence-corrected chi connectivity index (χ4v) is 3.76. The molecule has 0 unspecified atom stereocenters. The molecule has 0 aromatic heterocycles. The summed E-state index contributed by atoms with van der Waals surface area (Å²) in [4.78, 5) is 11.3. The van der Waals surface area contributed by atoms with E-state index in [1.807, 2.05) is 0 Å². The number of piperidine rings is 1. The molecular formula is C13H18N2O3S. The Morgan fingerprint density at radius 3 is 2.32 bits per heavy atom. The van der Waals surface area contributed by atoms with Gasteiger partial charge in [-0.05, 0) is 25.0 Å². The quantitative estimate of drug-likeness (QED) is 0.898. The summed E-state index contributed by atoms with van der Waals surface area (Å²) >= 11 is 0. The van der Waals surface area contributed by atoms with Crippen LogP contribution >= 0.6 is 0 Å². The maximum atomic E-state index is 12.4. The first-order chi connectivity index (χ1) is 9.00. The third-order valence-electron chi connectivity index (χ3n) is 3.24. The molecule has 0 saturated carbocycles. The number of nitrogens with one attached hydrogen (secondary N) is 1. The van der Waals surface area contributed by atoms with E-state index in [0.29, 0.717) is 30.8 Å². The molecule has 104 valence electrons. The van der Waals surface area contributed by atoms with Crippen LogP contribution in [-0.4, -0.2) is 37.8 Å². The molecule has 1 aliphatic rings. The summed E-state index contributed by atoms with van der Waals surface area (Å²) < 4.78 is 26.2. The van der Waals surface area contributed by atoms with Crippen molar-refractivity contribution in [3.05, 3.63) is 30.3 Å². The molecule has 0 bridgehead atoms. The fraction of sp³-hybridized carbons (Fsp3) is 0.462. The zero-order valence-corrected chi connectivity index (χ0v) is 11.7. The van der Waals surface area contributed by atoms with E-state index in [-0.39, 0.29) is 11.9 Å². The van der Waals surface area contributed by atoms with Crippen LogP contribution in [0.15, 0.2) is 35.2 Å². The number of sulfonamides is 1. The Hall–Kier alpha value is -1.40. The minimum Gasteiger partial charge on any atom is -0.354 e. The van der Waals surface area contributed by atoms with Crippen molar-refractivity contribution in [3.8, 4) is 0 Å². The van der Waals surface area contributed by atoms with Crippen LogP contribution in [-0.2, 0) is 14.8 Å². The second kappa shape index (κ2) is 5.71. The molecule has 0 aliphatic carbocycles. The van der Waals surface area contributed by atoms with E-state index in [1.165, 1.54) is 11.2 Å². The molecule has 1 aromatic carbocycles. The Morgan fingerprint density at radius 1 is 1.21 bits per heavy atom. The summed E-state index contributed by atoms with van der Waals surface area (Å²) in [5.41, 5.74) is 0. The predicted molar refractivity (Wildman–Crippen MR) is 72.0 cm³/mol. The number of hydrogen-bond acceptors (Lipinski definition) is 3. The van der Waals surface area contributed by atoms with Crippen molar-refractivity contribution >= 4 is 15.9 Å². The van der Waals surface area contributed by atoms with E-state index in [9.17, 15) is 13.2 Å². The monoisotopic (exact) mass is 282 g/mol. The van der Waals surface area contributed by atoms with Gasteiger partial charge in [0.25, 0.3) is 0 Å². The number of hydrogen-bond donors (Lipinski definition) is 1. The summed E-state index contributed by atoms with van der Waals surface area (Å²) in [7, 11) is -3.39. The van der Waals surface area contributed by atoms with Gasteiger partial charge in [0.05, 0.1) is 4.90 Å². The molecule has 1 fully saturated rings. The standard InChI is InChI=1S/C13H18N2O3S/c1-11(16)14-12-7-9-15(10-8-12)19(17,18)13-5-3-2-4-6-13/h2-6,12H,7-10H2,1H3,(H,14,16). The van der Waals surface area contributed by atoms with Gasteiger partial charge in [0.1, 0.15) is 0 Å². The van der Waals surface area contributed by atoms with Gasteiger partial charge >= 0.3 is 0 Å². The molecule has 6 heteroatoms. The van der Waals surface area contributed by atoms with Crippen LogP contribution in [0.5, 0.6) is 0 Å². The van der Waals surface area contributed by atoms with Crippen LogP contribution in [0.2, 0.25) is 0 Å². The molecule has 1 aromatic rings. The van der Waals surface area contributed by atoms with E-state index in [1.54, 1.807) is 30.3 Å². The van der Waals surface area contributed by atoms with Gasteiger partial charge < -0.3 is 5.32 Å². The fourth-order valence-electron chi connectivity index (χ4n) is 2.27. The molecule has 0 radical (unpaired) electrons. The first-order valence-corrected chi connectivity index (χ1v) is 7.76. The summed E-state index contributed by atoms with van der Waals surface area (Å²) in [6, 6.07) is 8.53. The van der Waals surface area contributed by atoms with Crippen molar-refractivity contribution in [1.82, 2.24) is 9.62 Å². The number of amides is 1. The van der Waals surface area contributed by atoms with Crippen molar-refractivity contribution in [1.29, 1.82) is 0 Å². The molecule has 2 rings (SSSR count). The van der Waals surface area contributed by atoms with Crippen molar-refractivity contribution in [3.63, 3.8) is 0 Å². The lowest BCUT2D eigenvalue weighted by molar-refractivity contribution is -0.119. The van der Waals surface area contributed by atoms with Crippen LogP contribution in [0.25, 0.3) is 0 Å². The Morgan fingerprint density at radius 2 is 1.79 bits per heavy atom. The van der Waals surface area contributed by atoms with E-state index in [4.69, 9.17) is 0 Å². The van der Waals surface area contributed by atoms with E-state index in [2.05, 4.69) is 5.32 Å². The third-order valence-corrected chi connectivity index (χ3v) is 5.16. The second-order valence-corrected chi connectivity index (χ2v) is 6.63. The van der Waals surface area contributed by atoms with Gasteiger partial charge in [0.2, 0.25) is 15.9 Å². The van der Waals surface area contributed by atoms with Gasteiger partial charge in [-0.25, -0.2) is 8.42 Å². The van der Waals surface area contributed by atoms with Crippen LogP contribution in [0, 0.1) is 0 Å². The highest BCUT2D eigenvalue weighted by Gasteiger charge is 2.29. The molecule has 1 saturated heterocycles. The van der Waals surface area contributed by atoms with Crippen molar-refractivity contribution in [2.24, 2.45) is 0 Å². The number of carbonyl (C=O) groups is 1. The molecule has 1 heterocycles. The van der Waals surface area contributed by atoms with E-state index < -0.39 is 10.0 Å². The summed E-state index contributed by atoms with van der Waals surface area (Å²) in [6.07, 6.45) is 1.32. The van der Waals surface area contributed by atoms with E-state index >= 15 is 0 Å². The first kappa shape index (κ1) is 14.0. The largest absolute Gasteiger partial charge is 0.354 e. The topological polar surface area (TPSA) is 66.5 Å². The lowest BCUT2D eigenvalue weighted by atomic mass is 10.1. The molecule has 0 atom stereocenters. The number of rotatable bonds is 3.